The van der Waals surface area contributed by atoms with E-state index in [2.05, 4.69) is 23.5 Å². The Morgan fingerprint density at radius 3 is 2.69 bits per heavy atom. The van der Waals surface area contributed by atoms with Crippen molar-refractivity contribution in [1.29, 1.82) is 0 Å². The van der Waals surface area contributed by atoms with Gasteiger partial charge in [-0.25, -0.2) is 13.2 Å². The number of sulfonamides is 1. The van der Waals surface area contributed by atoms with Crippen molar-refractivity contribution in [2.75, 3.05) is 31.0 Å². The zero-order chi connectivity index (χ0) is 22.9. The molecule has 1 aliphatic carbocycles. The van der Waals surface area contributed by atoms with Crippen molar-refractivity contribution in [2.24, 2.45) is 5.92 Å². The SMILES string of the molecule is CCN(CC)CC=Cc1ccccc1S(=O)(=O)Nc1ccc2c(c1C(=O)O)OC[C@H]1C[C@@H]21. The number of benzene rings is 2. The van der Waals surface area contributed by atoms with Gasteiger partial charge in [0.1, 0.15) is 11.3 Å². The van der Waals surface area contributed by atoms with Gasteiger partial charge < -0.3 is 14.7 Å². The normalized spacial score (nSPS) is 19.3. The monoisotopic (exact) mass is 456 g/mol. The number of fused-ring (bicyclic) bond motifs is 3. The van der Waals surface area contributed by atoms with Crippen LogP contribution in [0.2, 0.25) is 0 Å². The van der Waals surface area contributed by atoms with Gasteiger partial charge >= 0.3 is 5.97 Å². The summed E-state index contributed by atoms with van der Waals surface area (Å²) in [5.41, 5.74) is 1.27. The Hall–Kier alpha value is -2.84. The number of hydrogen-bond acceptors (Lipinski definition) is 5. The highest BCUT2D eigenvalue weighted by atomic mass is 32.2. The largest absolute Gasteiger partial charge is 0.492 e. The van der Waals surface area contributed by atoms with E-state index < -0.39 is 16.0 Å². The van der Waals surface area contributed by atoms with E-state index in [1.54, 1.807) is 30.3 Å². The van der Waals surface area contributed by atoms with E-state index in [1.165, 1.54) is 12.1 Å². The van der Waals surface area contributed by atoms with E-state index in [0.717, 1.165) is 25.1 Å². The molecule has 8 heteroatoms. The van der Waals surface area contributed by atoms with Gasteiger partial charge in [0.15, 0.2) is 0 Å². The molecule has 0 radical (unpaired) electrons. The summed E-state index contributed by atoms with van der Waals surface area (Å²) in [5.74, 6) is -0.198. The minimum absolute atomic E-state index is 0.0114. The number of nitrogens with one attached hydrogen (secondary N) is 1. The summed E-state index contributed by atoms with van der Waals surface area (Å²) in [4.78, 5) is 14.3. The third kappa shape index (κ3) is 4.38. The second-order valence-electron chi connectivity index (χ2n) is 8.16. The quantitative estimate of drug-likeness (QED) is 0.591. The first kappa shape index (κ1) is 22.4. The molecule has 1 aliphatic heterocycles. The average Bonchev–Trinajstić information content (AvgIpc) is 3.56. The predicted molar refractivity (Wildman–Crippen MR) is 124 cm³/mol. The lowest BCUT2D eigenvalue weighted by molar-refractivity contribution is 0.0692. The first-order valence-corrected chi connectivity index (χ1v) is 12.4. The Bertz CT molecular complexity index is 1150. The summed E-state index contributed by atoms with van der Waals surface area (Å²) in [6.45, 7) is 7.14. The maximum absolute atomic E-state index is 13.3. The molecule has 2 N–H and O–H groups in total. The molecule has 4 rings (SSSR count). The van der Waals surface area contributed by atoms with E-state index in [9.17, 15) is 18.3 Å². The fourth-order valence-electron chi connectivity index (χ4n) is 4.22. The summed E-state index contributed by atoms with van der Waals surface area (Å²) in [6, 6.07) is 9.98. The molecule has 0 amide bonds. The second-order valence-corrected chi connectivity index (χ2v) is 9.81. The molecule has 2 atom stereocenters. The Morgan fingerprint density at radius 1 is 1.22 bits per heavy atom. The first-order valence-electron chi connectivity index (χ1n) is 10.9. The molecule has 32 heavy (non-hydrogen) atoms. The highest BCUT2D eigenvalue weighted by molar-refractivity contribution is 7.92. The van der Waals surface area contributed by atoms with Crippen LogP contribution in [0.25, 0.3) is 6.08 Å². The number of hydrogen-bond donors (Lipinski definition) is 2. The fourth-order valence-corrected chi connectivity index (χ4v) is 5.49. The molecule has 7 nitrogen and oxygen atoms in total. The molecule has 1 saturated carbocycles. The number of ether oxygens (including phenoxy) is 1. The van der Waals surface area contributed by atoms with Crippen LogP contribution in [0, 0.1) is 5.92 Å². The third-order valence-corrected chi connectivity index (χ3v) is 7.61. The highest BCUT2D eigenvalue weighted by Crippen LogP contribution is 2.55. The van der Waals surface area contributed by atoms with Crippen LogP contribution >= 0.6 is 0 Å². The summed E-state index contributed by atoms with van der Waals surface area (Å²) in [7, 11) is -4.03. The van der Waals surface area contributed by atoms with Crippen molar-refractivity contribution in [3.8, 4) is 5.75 Å². The standard InChI is InChI=1S/C24H28N2O5S/c1-3-26(4-2)13-7-9-16-8-5-6-10-21(16)32(29,30)25-20-12-11-18-19-14-17(19)15-31-23(18)22(20)24(27)28/h5-12,17,19,25H,3-4,13-15H2,1-2H3,(H,27,28)/t17-,19-/m1/s1. The second kappa shape index (κ2) is 8.96. The minimum atomic E-state index is -4.03. The Balaban J connectivity index is 1.65. The summed E-state index contributed by atoms with van der Waals surface area (Å²) < 4.78 is 34.7. The van der Waals surface area contributed by atoms with Gasteiger partial charge in [-0.3, -0.25) is 4.72 Å². The smallest absolute Gasteiger partial charge is 0.341 e. The zero-order valence-electron chi connectivity index (χ0n) is 18.2. The number of nitrogens with zero attached hydrogens (tertiary/aromatic N) is 1. The van der Waals surface area contributed by atoms with E-state index in [1.807, 2.05) is 6.08 Å². The van der Waals surface area contributed by atoms with Crippen molar-refractivity contribution < 1.29 is 23.1 Å². The van der Waals surface area contributed by atoms with E-state index in [-0.39, 0.29) is 21.9 Å². The van der Waals surface area contributed by atoms with Crippen molar-refractivity contribution in [3.05, 3.63) is 59.2 Å². The summed E-state index contributed by atoms with van der Waals surface area (Å²) in [6.07, 6.45) is 4.70. The molecule has 0 saturated heterocycles. The van der Waals surface area contributed by atoms with Crippen molar-refractivity contribution in [3.63, 3.8) is 0 Å². The first-order chi connectivity index (χ1) is 15.4. The van der Waals surface area contributed by atoms with Crippen LogP contribution in [0.4, 0.5) is 5.69 Å². The average molecular weight is 457 g/mol. The fraction of sp³-hybridized carbons (Fsp3) is 0.375. The van der Waals surface area contributed by atoms with E-state index in [4.69, 9.17) is 4.74 Å². The molecule has 2 aromatic carbocycles. The lowest BCUT2D eigenvalue weighted by atomic mass is 10.0. The van der Waals surface area contributed by atoms with Crippen LogP contribution < -0.4 is 9.46 Å². The number of carbonyl (C=O) groups is 1. The molecule has 1 fully saturated rings. The zero-order valence-corrected chi connectivity index (χ0v) is 19.1. The Kier molecular flexibility index (Phi) is 6.26. The number of anilines is 1. The van der Waals surface area contributed by atoms with Gasteiger partial charge in [-0.2, -0.15) is 0 Å². The molecule has 170 valence electrons. The maximum Gasteiger partial charge on any atom is 0.341 e. The van der Waals surface area contributed by atoms with Crippen LogP contribution in [0.1, 0.15) is 47.7 Å². The highest BCUT2D eigenvalue weighted by Gasteiger charge is 2.45. The van der Waals surface area contributed by atoms with Crippen LogP contribution in [-0.4, -0.2) is 50.6 Å². The molecular weight excluding hydrogens is 428 g/mol. The van der Waals surface area contributed by atoms with E-state index >= 15 is 0 Å². The molecule has 0 unspecified atom stereocenters. The Labute approximate surface area is 188 Å². The van der Waals surface area contributed by atoms with Crippen molar-refractivity contribution >= 4 is 27.8 Å². The number of carboxylic acids is 1. The molecule has 0 bridgehead atoms. The van der Waals surface area contributed by atoms with Gasteiger partial charge in [-0.05, 0) is 48.7 Å². The molecular formula is C24H28N2O5S. The van der Waals surface area contributed by atoms with Gasteiger partial charge in [0, 0.05) is 12.5 Å². The van der Waals surface area contributed by atoms with Crippen LogP contribution in [0.3, 0.4) is 0 Å². The third-order valence-electron chi connectivity index (χ3n) is 6.17. The lowest BCUT2D eigenvalue weighted by Crippen LogP contribution is -2.22. The topological polar surface area (TPSA) is 95.9 Å². The molecule has 2 aromatic rings. The van der Waals surface area contributed by atoms with Gasteiger partial charge in [0.05, 0.1) is 17.2 Å². The van der Waals surface area contributed by atoms with E-state index in [0.29, 0.717) is 30.6 Å². The maximum atomic E-state index is 13.3. The molecule has 0 spiro atoms. The van der Waals surface area contributed by atoms with Gasteiger partial charge in [-0.1, -0.05) is 50.3 Å². The summed E-state index contributed by atoms with van der Waals surface area (Å²) >= 11 is 0. The van der Waals surface area contributed by atoms with Crippen LogP contribution in [0.5, 0.6) is 5.75 Å². The van der Waals surface area contributed by atoms with Crippen molar-refractivity contribution in [2.45, 2.75) is 31.1 Å². The minimum Gasteiger partial charge on any atom is -0.492 e. The van der Waals surface area contributed by atoms with Gasteiger partial charge in [0.2, 0.25) is 0 Å². The Morgan fingerprint density at radius 2 is 1.97 bits per heavy atom. The molecule has 2 aliphatic rings. The van der Waals surface area contributed by atoms with Gasteiger partial charge in [-0.15, -0.1) is 0 Å². The summed E-state index contributed by atoms with van der Waals surface area (Å²) in [5, 5.41) is 9.83. The lowest BCUT2D eigenvalue weighted by Gasteiger charge is -2.21. The number of carboxylic acid groups (broad SMARTS) is 1. The van der Waals surface area contributed by atoms with Crippen molar-refractivity contribution in [1.82, 2.24) is 4.90 Å². The van der Waals surface area contributed by atoms with Crippen LogP contribution in [-0.2, 0) is 10.0 Å². The number of rotatable bonds is 9. The number of likely N-dealkylation sites (N-methyl/N-ethyl adjacent to an activating group) is 1. The molecule has 1 heterocycles. The van der Waals surface area contributed by atoms with Gasteiger partial charge in [0.25, 0.3) is 10.0 Å². The molecule has 0 aromatic heterocycles. The van der Waals surface area contributed by atoms with Crippen LogP contribution in [0.15, 0.2) is 47.4 Å². The predicted octanol–water partition coefficient (Wildman–Crippen LogP) is 4.04. The number of aromatic carboxylic acids is 1.